The van der Waals surface area contributed by atoms with Crippen molar-refractivity contribution in [2.45, 2.75) is 30.7 Å². The third-order valence-electron chi connectivity index (χ3n) is 4.72. The normalized spacial score (nSPS) is 13.9. The molecule has 0 aliphatic carbocycles. The predicted molar refractivity (Wildman–Crippen MR) is 114 cm³/mol. The molecule has 3 rings (SSSR count). The van der Waals surface area contributed by atoms with Crippen LogP contribution >= 0.6 is 11.8 Å². The van der Waals surface area contributed by atoms with Crippen molar-refractivity contribution in [2.24, 2.45) is 0 Å². The molecule has 0 bridgehead atoms. The maximum absolute atomic E-state index is 12.3. The minimum atomic E-state index is -0.0174. The summed E-state index contributed by atoms with van der Waals surface area (Å²) in [6, 6.07) is 9.87. The van der Waals surface area contributed by atoms with Crippen molar-refractivity contribution in [1.29, 1.82) is 0 Å². The first-order chi connectivity index (χ1) is 13.5. The van der Waals surface area contributed by atoms with Crippen molar-refractivity contribution in [2.75, 3.05) is 45.2 Å². The van der Waals surface area contributed by atoms with Crippen LogP contribution < -0.4 is 15.1 Å². The molecule has 0 unspecified atom stereocenters. The SMILES string of the molecule is Cc1cc(N2CCCC2)nc(SCc2cccc(C(=O)NCC[NH+](C)C)c2)n1. The minimum Gasteiger partial charge on any atom is -0.356 e. The zero-order valence-electron chi connectivity index (χ0n) is 17.0. The van der Waals surface area contributed by atoms with Crippen LogP contribution in [0.4, 0.5) is 5.82 Å². The third-order valence-corrected chi connectivity index (χ3v) is 5.64. The molecule has 2 heterocycles. The number of carbonyl (C=O) groups excluding carboxylic acids is 1. The van der Waals surface area contributed by atoms with Gasteiger partial charge in [0.2, 0.25) is 0 Å². The Morgan fingerprint density at radius 3 is 2.75 bits per heavy atom. The number of aryl methyl sites for hydroxylation is 1. The summed E-state index contributed by atoms with van der Waals surface area (Å²) >= 11 is 1.62. The summed E-state index contributed by atoms with van der Waals surface area (Å²) in [6.45, 7) is 5.76. The lowest BCUT2D eigenvalue weighted by Crippen LogP contribution is -3.06. The number of thioether (sulfide) groups is 1. The van der Waals surface area contributed by atoms with E-state index >= 15 is 0 Å². The van der Waals surface area contributed by atoms with Gasteiger partial charge in [0, 0.05) is 36.2 Å². The number of nitrogens with zero attached hydrogens (tertiary/aromatic N) is 3. The zero-order chi connectivity index (χ0) is 19.9. The summed E-state index contributed by atoms with van der Waals surface area (Å²) in [5.41, 5.74) is 2.80. The molecular weight excluding hydrogens is 370 g/mol. The fraction of sp³-hybridized carbons (Fsp3) is 0.476. The van der Waals surface area contributed by atoms with Gasteiger partial charge >= 0.3 is 0 Å². The second-order valence-corrected chi connectivity index (χ2v) is 8.49. The van der Waals surface area contributed by atoms with E-state index in [1.807, 2.05) is 31.2 Å². The molecule has 2 N–H and O–H groups in total. The van der Waals surface area contributed by atoms with E-state index in [-0.39, 0.29) is 5.91 Å². The summed E-state index contributed by atoms with van der Waals surface area (Å²) < 4.78 is 0. The van der Waals surface area contributed by atoms with Gasteiger partial charge in [-0.25, -0.2) is 9.97 Å². The molecule has 0 saturated carbocycles. The summed E-state index contributed by atoms with van der Waals surface area (Å²) in [7, 11) is 4.15. The lowest BCUT2D eigenvalue weighted by Gasteiger charge is -2.17. The number of carbonyl (C=O) groups is 1. The van der Waals surface area contributed by atoms with E-state index in [4.69, 9.17) is 4.98 Å². The van der Waals surface area contributed by atoms with Crippen molar-refractivity contribution in [1.82, 2.24) is 15.3 Å². The maximum Gasteiger partial charge on any atom is 0.251 e. The largest absolute Gasteiger partial charge is 0.356 e. The molecule has 0 spiro atoms. The Labute approximate surface area is 171 Å². The van der Waals surface area contributed by atoms with Crippen LogP contribution in [0, 0.1) is 6.92 Å². The lowest BCUT2D eigenvalue weighted by atomic mass is 10.1. The second kappa shape index (κ2) is 9.89. The van der Waals surface area contributed by atoms with Gasteiger partial charge in [0.1, 0.15) is 5.82 Å². The van der Waals surface area contributed by atoms with Gasteiger partial charge in [0.25, 0.3) is 5.91 Å². The molecule has 6 nitrogen and oxygen atoms in total. The number of rotatable bonds is 8. The Balaban J connectivity index is 1.61. The Morgan fingerprint density at radius 2 is 2.00 bits per heavy atom. The Kier molecular flexibility index (Phi) is 7.28. The fourth-order valence-electron chi connectivity index (χ4n) is 3.18. The van der Waals surface area contributed by atoms with Gasteiger partial charge in [-0.05, 0) is 37.5 Å². The molecule has 28 heavy (non-hydrogen) atoms. The van der Waals surface area contributed by atoms with E-state index in [0.29, 0.717) is 12.1 Å². The Hall–Kier alpha value is -2.12. The average Bonchev–Trinajstić information content (AvgIpc) is 3.21. The van der Waals surface area contributed by atoms with E-state index in [0.717, 1.165) is 47.6 Å². The molecule has 1 aliphatic heterocycles. The molecule has 0 radical (unpaired) electrons. The quantitative estimate of drug-likeness (QED) is 0.520. The molecule has 1 aromatic heterocycles. The zero-order valence-corrected chi connectivity index (χ0v) is 17.8. The summed E-state index contributed by atoms with van der Waals surface area (Å²) in [5, 5.41) is 3.78. The minimum absolute atomic E-state index is 0.0174. The second-order valence-electron chi connectivity index (χ2n) is 7.55. The van der Waals surface area contributed by atoms with Crippen molar-refractivity contribution in [3.8, 4) is 0 Å². The van der Waals surface area contributed by atoms with E-state index in [1.165, 1.54) is 17.7 Å². The number of hydrogen-bond acceptors (Lipinski definition) is 5. The van der Waals surface area contributed by atoms with Gasteiger partial charge in [0.15, 0.2) is 5.16 Å². The van der Waals surface area contributed by atoms with Crippen molar-refractivity contribution in [3.05, 3.63) is 47.2 Å². The van der Waals surface area contributed by atoms with E-state index in [2.05, 4.69) is 35.4 Å². The van der Waals surface area contributed by atoms with E-state index in [9.17, 15) is 4.79 Å². The first kappa shape index (κ1) is 20.6. The van der Waals surface area contributed by atoms with Crippen LogP contribution in [0.5, 0.6) is 0 Å². The number of nitrogens with one attached hydrogen (secondary N) is 2. The Morgan fingerprint density at radius 1 is 1.21 bits per heavy atom. The molecule has 150 valence electrons. The first-order valence-corrected chi connectivity index (χ1v) is 10.9. The van der Waals surface area contributed by atoms with Crippen LogP contribution in [0.15, 0.2) is 35.5 Å². The molecule has 2 aromatic rings. The Bertz CT molecular complexity index is 805. The standard InChI is InChI=1S/C21H29N5OS/c1-16-13-19(26-10-4-5-11-26)24-21(23-16)28-15-17-7-6-8-18(14-17)20(27)22-9-12-25(2)3/h6-8,13-14H,4-5,9-12,15H2,1-3H3,(H,22,27)/p+1. The number of aromatic nitrogens is 2. The molecule has 0 atom stereocenters. The summed E-state index contributed by atoms with van der Waals surface area (Å²) in [4.78, 5) is 25.3. The van der Waals surface area contributed by atoms with E-state index < -0.39 is 0 Å². The van der Waals surface area contributed by atoms with Crippen LogP contribution in [0.3, 0.4) is 0 Å². The van der Waals surface area contributed by atoms with Gasteiger partial charge < -0.3 is 15.1 Å². The van der Waals surface area contributed by atoms with Gasteiger partial charge in [0.05, 0.1) is 27.2 Å². The van der Waals surface area contributed by atoms with Gasteiger partial charge in [-0.2, -0.15) is 0 Å². The topological polar surface area (TPSA) is 62.6 Å². The number of hydrogen-bond donors (Lipinski definition) is 2. The van der Waals surface area contributed by atoms with Gasteiger partial charge in [-0.3, -0.25) is 4.79 Å². The molecule has 1 fully saturated rings. The van der Waals surface area contributed by atoms with Crippen molar-refractivity contribution < 1.29 is 9.69 Å². The van der Waals surface area contributed by atoms with Crippen molar-refractivity contribution >= 4 is 23.5 Å². The van der Waals surface area contributed by atoms with Crippen LogP contribution in [0.1, 0.15) is 34.5 Å². The van der Waals surface area contributed by atoms with Crippen molar-refractivity contribution in [3.63, 3.8) is 0 Å². The van der Waals surface area contributed by atoms with Crippen LogP contribution in [0.2, 0.25) is 0 Å². The molecule has 1 amide bonds. The highest BCUT2D eigenvalue weighted by Crippen LogP contribution is 2.25. The highest BCUT2D eigenvalue weighted by molar-refractivity contribution is 7.98. The molecule has 1 aromatic carbocycles. The molecule has 7 heteroatoms. The maximum atomic E-state index is 12.3. The monoisotopic (exact) mass is 400 g/mol. The fourth-order valence-corrected chi connectivity index (χ4v) is 4.02. The number of anilines is 1. The molecule has 1 aliphatic rings. The van der Waals surface area contributed by atoms with E-state index in [1.54, 1.807) is 11.8 Å². The lowest BCUT2D eigenvalue weighted by molar-refractivity contribution is -0.856. The number of benzene rings is 1. The summed E-state index contributed by atoms with van der Waals surface area (Å²) in [6.07, 6.45) is 2.46. The number of amides is 1. The van der Waals surface area contributed by atoms with Crippen LogP contribution in [-0.4, -0.2) is 56.1 Å². The number of quaternary nitrogens is 1. The summed E-state index contributed by atoms with van der Waals surface area (Å²) in [5.74, 6) is 1.76. The smallest absolute Gasteiger partial charge is 0.251 e. The highest BCUT2D eigenvalue weighted by atomic mass is 32.2. The predicted octanol–water partition coefficient (Wildman–Crippen LogP) is 1.55. The van der Waals surface area contributed by atoms with Crippen LogP contribution in [0.25, 0.3) is 0 Å². The third kappa shape index (κ3) is 5.94. The van der Waals surface area contributed by atoms with Gasteiger partial charge in [-0.1, -0.05) is 23.9 Å². The highest BCUT2D eigenvalue weighted by Gasteiger charge is 2.15. The first-order valence-electron chi connectivity index (χ1n) is 9.91. The average molecular weight is 401 g/mol. The van der Waals surface area contributed by atoms with Crippen LogP contribution in [-0.2, 0) is 5.75 Å². The van der Waals surface area contributed by atoms with Gasteiger partial charge in [-0.15, -0.1) is 0 Å². The number of likely N-dealkylation sites (N-methyl/N-ethyl adjacent to an activating group) is 1. The molecular formula is C21H30N5OS+. The molecule has 1 saturated heterocycles.